The first-order chi connectivity index (χ1) is 9.56. The highest BCUT2D eigenvalue weighted by atomic mass is 35.5. The molecule has 3 rings (SSSR count). The number of anilines is 1. The van der Waals surface area contributed by atoms with Gasteiger partial charge in [-0.3, -0.25) is 4.79 Å². The number of fused-ring (bicyclic) bond motifs is 1. The van der Waals surface area contributed by atoms with Crippen LogP contribution >= 0.6 is 11.6 Å². The van der Waals surface area contributed by atoms with Crippen molar-refractivity contribution in [2.24, 2.45) is 0 Å². The Morgan fingerprint density at radius 3 is 2.75 bits per heavy atom. The second-order valence-electron chi connectivity index (χ2n) is 4.81. The first kappa shape index (κ1) is 12.8. The van der Waals surface area contributed by atoms with Gasteiger partial charge < -0.3 is 10.7 Å². The molecule has 0 saturated carbocycles. The van der Waals surface area contributed by atoms with Crippen LogP contribution in [0.5, 0.6) is 0 Å². The molecule has 2 aromatic carbocycles. The van der Waals surface area contributed by atoms with Crippen LogP contribution in [0.4, 0.5) is 5.69 Å². The van der Waals surface area contributed by atoms with Crippen molar-refractivity contribution >= 4 is 34.0 Å². The lowest BCUT2D eigenvalue weighted by Crippen LogP contribution is -2.04. The van der Waals surface area contributed by atoms with Gasteiger partial charge in [-0.2, -0.15) is 0 Å². The summed E-state index contributed by atoms with van der Waals surface area (Å²) < 4.78 is 0. The second-order valence-corrected chi connectivity index (χ2v) is 5.25. The number of hydrogen-bond acceptors (Lipinski definition) is 2. The minimum Gasteiger partial charge on any atom is -0.398 e. The normalized spacial score (nSPS) is 10.9. The third kappa shape index (κ3) is 2.06. The van der Waals surface area contributed by atoms with E-state index in [1.54, 1.807) is 24.4 Å². The molecule has 0 aliphatic carbocycles. The Labute approximate surface area is 121 Å². The van der Waals surface area contributed by atoms with Gasteiger partial charge in [0.15, 0.2) is 5.78 Å². The minimum atomic E-state index is -0.125. The lowest BCUT2D eigenvalue weighted by atomic mass is 10.0. The summed E-state index contributed by atoms with van der Waals surface area (Å²) in [4.78, 5) is 15.7. The van der Waals surface area contributed by atoms with Crippen LogP contribution in [-0.4, -0.2) is 10.8 Å². The molecule has 3 N–H and O–H groups in total. The van der Waals surface area contributed by atoms with Crippen LogP contribution in [-0.2, 0) is 0 Å². The fourth-order valence-corrected chi connectivity index (χ4v) is 2.47. The van der Waals surface area contributed by atoms with Gasteiger partial charge in [0.2, 0.25) is 0 Å². The van der Waals surface area contributed by atoms with Crippen molar-refractivity contribution in [3.8, 4) is 0 Å². The number of carbonyl (C=O) groups is 1. The van der Waals surface area contributed by atoms with Gasteiger partial charge in [0.1, 0.15) is 0 Å². The summed E-state index contributed by atoms with van der Waals surface area (Å²) in [7, 11) is 0. The largest absolute Gasteiger partial charge is 0.398 e. The summed E-state index contributed by atoms with van der Waals surface area (Å²) in [6.07, 6.45) is 1.72. The van der Waals surface area contributed by atoms with E-state index in [9.17, 15) is 4.79 Å². The average molecular weight is 285 g/mol. The summed E-state index contributed by atoms with van der Waals surface area (Å²) in [5.74, 6) is -0.125. The van der Waals surface area contributed by atoms with Crippen molar-refractivity contribution in [1.29, 1.82) is 0 Å². The third-order valence-corrected chi connectivity index (χ3v) is 3.58. The molecular weight excluding hydrogens is 272 g/mol. The lowest BCUT2D eigenvalue weighted by molar-refractivity contribution is 0.104. The first-order valence-electron chi connectivity index (χ1n) is 6.24. The number of rotatable bonds is 2. The Balaban J connectivity index is 2.15. The Bertz CT molecular complexity index is 820. The smallest absolute Gasteiger partial charge is 0.197 e. The number of carbonyl (C=O) groups excluding carboxylic acids is 1. The molecule has 0 spiro atoms. The SMILES string of the molecule is Cc1ccc2c(C(=O)c3cc(Cl)ccc3N)c[nH]c2c1. The van der Waals surface area contributed by atoms with E-state index >= 15 is 0 Å². The van der Waals surface area contributed by atoms with E-state index in [4.69, 9.17) is 17.3 Å². The number of aryl methyl sites for hydroxylation is 1. The molecule has 100 valence electrons. The number of ketones is 1. The van der Waals surface area contributed by atoms with Crippen molar-refractivity contribution < 1.29 is 4.79 Å². The van der Waals surface area contributed by atoms with E-state index in [2.05, 4.69) is 4.98 Å². The molecule has 0 saturated heterocycles. The highest BCUT2D eigenvalue weighted by molar-refractivity contribution is 6.31. The molecule has 0 amide bonds. The van der Waals surface area contributed by atoms with Gasteiger partial charge in [0.05, 0.1) is 0 Å². The molecular formula is C16H13ClN2O. The lowest BCUT2D eigenvalue weighted by Gasteiger charge is -2.04. The molecule has 3 nitrogen and oxygen atoms in total. The van der Waals surface area contributed by atoms with Crippen molar-refractivity contribution in [2.75, 3.05) is 5.73 Å². The fraction of sp³-hybridized carbons (Fsp3) is 0.0625. The number of nitrogens with one attached hydrogen (secondary N) is 1. The summed E-state index contributed by atoms with van der Waals surface area (Å²) in [6, 6.07) is 10.9. The van der Waals surface area contributed by atoms with Crippen LogP contribution in [0.2, 0.25) is 5.02 Å². The number of aromatic amines is 1. The summed E-state index contributed by atoms with van der Waals surface area (Å²) in [5, 5.41) is 1.39. The summed E-state index contributed by atoms with van der Waals surface area (Å²) in [6.45, 7) is 2.01. The molecule has 0 fully saturated rings. The maximum Gasteiger partial charge on any atom is 0.197 e. The molecule has 0 bridgehead atoms. The number of aromatic nitrogens is 1. The van der Waals surface area contributed by atoms with Crippen LogP contribution in [0.15, 0.2) is 42.6 Å². The van der Waals surface area contributed by atoms with Gasteiger partial charge in [-0.1, -0.05) is 23.7 Å². The molecule has 1 heterocycles. The van der Waals surface area contributed by atoms with Crippen LogP contribution < -0.4 is 5.73 Å². The molecule has 0 unspecified atom stereocenters. The van der Waals surface area contributed by atoms with E-state index in [0.29, 0.717) is 21.8 Å². The Kier molecular flexibility index (Phi) is 2.99. The average Bonchev–Trinajstić information content (AvgIpc) is 2.83. The summed E-state index contributed by atoms with van der Waals surface area (Å²) >= 11 is 5.95. The van der Waals surface area contributed by atoms with Gasteiger partial charge in [0.25, 0.3) is 0 Å². The number of hydrogen-bond donors (Lipinski definition) is 2. The Morgan fingerprint density at radius 2 is 1.95 bits per heavy atom. The van der Waals surface area contributed by atoms with Crippen molar-refractivity contribution in [2.45, 2.75) is 6.92 Å². The van der Waals surface area contributed by atoms with E-state index < -0.39 is 0 Å². The molecule has 3 aromatic rings. The van der Waals surface area contributed by atoms with E-state index in [1.807, 2.05) is 25.1 Å². The first-order valence-corrected chi connectivity index (χ1v) is 6.61. The highest BCUT2D eigenvalue weighted by Crippen LogP contribution is 2.26. The van der Waals surface area contributed by atoms with E-state index in [-0.39, 0.29) is 5.78 Å². The quantitative estimate of drug-likeness (QED) is 0.553. The van der Waals surface area contributed by atoms with Crippen molar-refractivity contribution in [3.63, 3.8) is 0 Å². The van der Waals surface area contributed by atoms with Crippen LogP contribution in [0.3, 0.4) is 0 Å². The standard InChI is InChI=1S/C16H13ClN2O/c1-9-2-4-11-13(8-19-15(11)6-9)16(20)12-7-10(17)3-5-14(12)18/h2-8,19H,18H2,1H3. The van der Waals surface area contributed by atoms with Crippen LogP contribution in [0.1, 0.15) is 21.5 Å². The number of nitrogen functional groups attached to an aromatic ring is 1. The van der Waals surface area contributed by atoms with Gasteiger partial charge >= 0.3 is 0 Å². The number of benzene rings is 2. The maximum atomic E-state index is 12.6. The van der Waals surface area contributed by atoms with Crippen molar-refractivity contribution in [1.82, 2.24) is 4.98 Å². The number of nitrogens with two attached hydrogens (primary N) is 1. The highest BCUT2D eigenvalue weighted by Gasteiger charge is 2.16. The third-order valence-electron chi connectivity index (χ3n) is 3.34. The van der Waals surface area contributed by atoms with Crippen LogP contribution in [0, 0.1) is 6.92 Å². The molecule has 4 heteroatoms. The summed E-state index contributed by atoms with van der Waals surface area (Å²) in [5.41, 5.74) is 9.42. The number of H-pyrrole nitrogens is 1. The van der Waals surface area contributed by atoms with Crippen molar-refractivity contribution in [3.05, 3.63) is 64.3 Å². The minimum absolute atomic E-state index is 0.125. The topological polar surface area (TPSA) is 58.9 Å². The zero-order valence-corrected chi connectivity index (χ0v) is 11.7. The fourth-order valence-electron chi connectivity index (χ4n) is 2.30. The zero-order valence-electron chi connectivity index (χ0n) is 10.9. The van der Waals surface area contributed by atoms with Gasteiger partial charge in [-0.05, 0) is 36.8 Å². The molecule has 0 radical (unpaired) electrons. The van der Waals surface area contributed by atoms with Gasteiger partial charge in [-0.25, -0.2) is 0 Å². The maximum absolute atomic E-state index is 12.6. The monoisotopic (exact) mass is 284 g/mol. The predicted molar refractivity (Wildman–Crippen MR) is 82.3 cm³/mol. The Hall–Kier alpha value is -2.26. The van der Waals surface area contributed by atoms with E-state index in [1.165, 1.54) is 0 Å². The molecule has 0 atom stereocenters. The van der Waals surface area contributed by atoms with Gasteiger partial charge in [-0.15, -0.1) is 0 Å². The van der Waals surface area contributed by atoms with Crippen LogP contribution in [0.25, 0.3) is 10.9 Å². The second kappa shape index (κ2) is 4.69. The zero-order chi connectivity index (χ0) is 14.3. The van der Waals surface area contributed by atoms with Gasteiger partial charge in [0, 0.05) is 38.9 Å². The molecule has 1 aromatic heterocycles. The molecule has 0 aliphatic heterocycles. The Morgan fingerprint density at radius 1 is 1.15 bits per heavy atom. The van der Waals surface area contributed by atoms with E-state index in [0.717, 1.165) is 16.5 Å². The molecule has 20 heavy (non-hydrogen) atoms. The predicted octanol–water partition coefficient (Wildman–Crippen LogP) is 3.94. The molecule has 0 aliphatic rings. The number of halogens is 1.